The Hall–Kier alpha value is -6.45. The number of rotatable bonds is 5. The molecule has 0 radical (unpaired) electrons. The van der Waals surface area contributed by atoms with Crippen LogP contribution in [0.5, 0.6) is 0 Å². The Balaban J connectivity index is 1.32. The van der Waals surface area contributed by atoms with Crippen LogP contribution in [0.15, 0.2) is 176 Å². The summed E-state index contributed by atoms with van der Waals surface area (Å²) >= 11 is 0. The lowest BCUT2D eigenvalue weighted by Gasteiger charge is -2.16. The lowest BCUT2D eigenvalue weighted by Crippen LogP contribution is -1.99. The summed E-state index contributed by atoms with van der Waals surface area (Å²) in [5.41, 5.74) is 12.1. The average molecular weight is 612 g/mol. The molecule has 0 N–H and O–H groups in total. The number of hydrogen-bond acceptors (Lipinski definition) is 3. The first-order valence-electron chi connectivity index (χ1n) is 16.2. The zero-order valence-electron chi connectivity index (χ0n) is 26.1. The van der Waals surface area contributed by atoms with Crippen LogP contribution in [0.1, 0.15) is 0 Å². The number of pyridine rings is 1. The molecule has 3 nitrogen and oxygen atoms in total. The van der Waals surface area contributed by atoms with Gasteiger partial charge in [0.2, 0.25) is 0 Å². The highest BCUT2D eigenvalue weighted by atomic mass is 14.8. The summed E-state index contributed by atoms with van der Waals surface area (Å²) in [5.74, 6) is 0. The van der Waals surface area contributed by atoms with E-state index in [1.807, 2.05) is 30.6 Å². The molecule has 0 fully saturated rings. The smallest absolute Gasteiger partial charge is 0.0979 e. The third-order valence-corrected chi connectivity index (χ3v) is 9.16. The maximum Gasteiger partial charge on any atom is 0.0979 e. The predicted octanol–water partition coefficient (Wildman–Crippen LogP) is 11.7. The van der Waals surface area contributed by atoms with E-state index >= 15 is 0 Å². The highest BCUT2D eigenvalue weighted by Crippen LogP contribution is 2.40. The van der Waals surface area contributed by atoms with Gasteiger partial charge in [0, 0.05) is 34.6 Å². The van der Waals surface area contributed by atoms with Crippen molar-refractivity contribution in [2.75, 3.05) is 0 Å². The van der Waals surface area contributed by atoms with E-state index in [1.54, 1.807) is 0 Å². The van der Waals surface area contributed by atoms with E-state index in [0.29, 0.717) is 0 Å². The second-order valence-electron chi connectivity index (χ2n) is 12.1. The van der Waals surface area contributed by atoms with E-state index in [9.17, 15) is 0 Å². The van der Waals surface area contributed by atoms with Gasteiger partial charge in [0.05, 0.1) is 22.4 Å². The Morgan fingerprint density at radius 1 is 0.292 bits per heavy atom. The van der Waals surface area contributed by atoms with Gasteiger partial charge in [-0.25, -0.2) is 9.97 Å². The molecule has 2 aromatic heterocycles. The van der Waals surface area contributed by atoms with Crippen molar-refractivity contribution in [3.63, 3.8) is 0 Å². The van der Waals surface area contributed by atoms with Crippen LogP contribution < -0.4 is 0 Å². The van der Waals surface area contributed by atoms with Crippen molar-refractivity contribution in [2.24, 2.45) is 0 Å². The van der Waals surface area contributed by atoms with Crippen LogP contribution in [-0.4, -0.2) is 15.0 Å². The highest BCUT2D eigenvalue weighted by Gasteiger charge is 2.19. The minimum atomic E-state index is 0.854. The van der Waals surface area contributed by atoms with E-state index in [2.05, 4.69) is 151 Å². The number of aromatic nitrogens is 3. The topological polar surface area (TPSA) is 38.7 Å². The van der Waals surface area contributed by atoms with Crippen molar-refractivity contribution < 1.29 is 0 Å². The number of nitrogens with zero attached hydrogens (tertiary/aromatic N) is 3. The van der Waals surface area contributed by atoms with E-state index in [-0.39, 0.29) is 0 Å². The minimum Gasteiger partial charge on any atom is -0.265 e. The fraction of sp³-hybridized carbons (Fsp3) is 0. The minimum absolute atomic E-state index is 0.854. The van der Waals surface area contributed by atoms with Crippen molar-refractivity contribution in [1.82, 2.24) is 15.0 Å². The molecule has 48 heavy (non-hydrogen) atoms. The molecule has 9 aromatic rings. The molecule has 0 aliphatic heterocycles. The maximum atomic E-state index is 5.56. The summed E-state index contributed by atoms with van der Waals surface area (Å²) in [6.45, 7) is 0. The molecule has 9 rings (SSSR count). The maximum absolute atomic E-state index is 5.56. The monoisotopic (exact) mass is 611 g/mol. The molecule has 0 saturated heterocycles. The molecule has 0 spiro atoms. The lowest BCUT2D eigenvalue weighted by atomic mass is 9.94. The Labute approximate surface area is 278 Å². The molecular weight excluding hydrogens is 583 g/mol. The first-order chi connectivity index (χ1) is 23.8. The first kappa shape index (κ1) is 27.8. The Bertz CT molecular complexity index is 2590. The van der Waals surface area contributed by atoms with Gasteiger partial charge in [-0.3, -0.25) is 4.98 Å². The van der Waals surface area contributed by atoms with Gasteiger partial charge in [0.1, 0.15) is 0 Å². The van der Waals surface area contributed by atoms with Crippen LogP contribution in [0, 0.1) is 0 Å². The van der Waals surface area contributed by atoms with E-state index < -0.39 is 0 Å². The molecule has 0 atom stereocenters. The quantitative estimate of drug-likeness (QED) is 0.194. The third kappa shape index (κ3) is 4.99. The van der Waals surface area contributed by atoms with Crippen molar-refractivity contribution in [3.8, 4) is 55.9 Å². The molecule has 0 aliphatic rings. The van der Waals surface area contributed by atoms with Gasteiger partial charge in [-0.2, -0.15) is 0 Å². The second-order valence-corrected chi connectivity index (χ2v) is 12.1. The fourth-order valence-corrected chi connectivity index (χ4v) is 6.68. The summed E-state index contributed by atoms with van der Waals surface area (Å²) in [4.78, 5) is 15.3. The normalized spacial score (nSPS) is 11.3. The summed E-state index contributed by atoms with van der Waals surface area (Å²) in [7, 11) is 0. The molecule has 7 aromatic carbocycles. The SMILES string of the molecule is c1ccc(-c2nc3c(-c4ccc5ccccc5c4)ccc(-c4ccc5ccccc5c4)c3nc2-c2ccc(-c3ccncc3)cc2)cc1. The van der Waals surface area contributed by atoms with Crippen molar-refractivity contribution in [3.05, 3.63) is 176 Å². The summed E-state index contributed by atoms with van der Waals surface area (Å²) in [6, 6.07) is 57.8. The van der Waals surface area contributed by atoms with Crippen LogP contribution in [-0.2, 0) is 0 Å². The van der Waals surface area contributed by atoms with Crippen molar-refractivity contribution in [1.29, 1.82) is 0 Å². The van der Waals surface area contributed by atoms with E-state index in [1.165, 1.54) is 21.5 Å². The number of benzene rings is 7. The van der Waals surface area contributed by atoms with Crippen molar-refractivity contribution in [2.45, 2.75) is 0 Å². The predicted molar refractivity (Wildman–Crippen MR) is 200 cm³/mol. The van der Waals surface area contributed by atoms with Gasteiger partial charge in [-0.15, -0.1) is 0 Å². The highest BCUT2D eigenvalue weighted by molar-refractivity contribution is 6.05. The van der Waals surface area contributed by atoms with E-state index in [0.717, 1.165) is 66.9 Å². The van der Waals surface area contributed by atoms with Gasteiger partial charge in [0.15, 0.2) is 0 Å². The van der Waals surface area contributed by atoms with Crippen LogP contribution in [0.4, 0.5) is 0 Å². The largest absolute Gasteiger partial charge is 0.265 e. The molecule has 2 heterocycles. The average Bonchev–Trinajstić information content (AvgIpc) is 3.17. The third-order valence-electron chi connectivity index (χ3n) is 9.16. The number of fused-ring (bicyclic) bond motifs is 3. The van der Waals surface area contributed by atoms with Crippen LogP contribution in [0.3, 0.4) is 0 Å². The standard InChI is InChI=1S/C45H29N3/c1-2-10-34(11-3-1)42-43(35-18-14-32(15-19-35)33-24-26-46-27-25-33)48-45-41(39-21-17-31-9-5-7-13-37(31)29-39)23-22-40(44(45)47-42)38-20-16-30-8-4-6-12-36(30)28-38/h1-29H. The van der Waals surface area contributed by atoms with Gasteiger partial charge in [-0.05, 0) is 68.1 Å². The summed E-state index contributed by atoms with van der Waals surface area (Å²) in [6.07, 6.45) is 3.65. The van der Waals surface area contributed by atoms with Crippen molar-refractivity contribution >= 4 is 32.6 Å². The molecule has 224 valence electrons. The van der Waals surface area contributed by atoms with Gasteiger partial charge < -0.3 is 0 Å². The van der Waals surface area contributed by atoms with Crippen LogP contribution in [0.2, 0.25) is 0 Å². The second kappa shape index (κ2) is 11.7. The first-order valence-corrected chi connectivity index (χ1v) is 16.2. The zero-order valence-corrected chi connectivity index (χ0v) is 26.1. The van der Waals surface area contributed by atoms with Crippen LogP contribution in [0.25, 0.3) is 88.5 Å². The lowest BCUT2D eigenvalue weighted by molar-refractivity contribution is 1.29. The molecule has 3 heteroatoms. The molecule has 0 amide bonds. The molecule has 0 saturated carbocycles. The zero-order chi connectivity index (χ0) is 31.9. The van der Waals surface area contributed by atoms with E-state index in [4.69, 9.17) is 9.97 Å². The molecular formula is C45H29N3. The van der Waals surface area contributed by atoms with Gasteiger partial charge >= 0.3 is 0 Å². The van der Waals surface area contributed by atoms with Crippen LogP contribution >= 0.6 is 0 Å². The number of hydrogen-bond donors (Lipinski definition) is 0. The summed E-state index contributed by atoms with van der Waals surface area (Å²) < 4.78 is 0. The van der Waals surface area contributed by atoms with Gasteiger partial charge in [0.25, 0.3) is 0 Å². The Morgan fingerprint density at radius 3 is 1.25 bits per heavy atom. The molecule has 0 unspecified atom stereocenters. The molecule has 0 aliphatic carbocycles. The fourth-order valence-electron chi connectivity index (χ4n) is 6.68. The molecule has 0 bridgehead atoms. The summed E-state index contributed by atoms with van der Waals surface area (Å²) in [5, 5.41) is 4.82. The van der Waals surface area contributed by atoms with Gasteiger partial charge in [-0.1, -0.05) is 140 Å². The Kier molecular flexibility index (Phi) is 6.80. The Morgan fingerprint density at radius 2 is 0.708 bits per heavy atom.